The minimum Gasteiger partial charge on any atom is -0.468 e. The SMILES string of the molecule is COC(=O)CN1CCC=C(c2cccc(F)c2)N=C1c1cccc(F)c1. The van der Waals surface area contributed by atoms with Gasteiger partial charge < -0.3 is 9.64 Å². The number of carbonyl (C=O) groups excluding carboxylic acids is 1. The Balaban J connectivity index is 2.05. The van der Waals surface area contributed by atoms with E-state index in [9.17, 15) is 13.6 Å². The second-order valence-electron chi connectivity index (χ2n) is 5.83. The van der Waals surface area contributed by atoms with Gasteiger partial charge in [0.05, 0.1) is 12.8 Å². The molecule has 0 N–H and O–H groups in total. The van der Waals surface area contributed by atoms with Crippen molar-refractivity contribution in [1.82, 2.24) is 4.90 Å². The average molecular weight is 356 g/mol. The van der Waals surface area contributed by atoms with Gasteiger partial charge in [0, 0.05) is 17.7 Å². The van der Waals surface area contributed by atoms with Crippen LogP contribution in [0.2, 0.25) is 0 Å². The molecule has 26 heavy (non-hydrogen) atoms. The van der Waals surface area contributed by atoms with Crippen LogP contribution in [0.3, 0.4) is 0 Å². The van der Waals surface area contributed by atoms with E-state index in [4.69, 9.17) is 4.74 Å². The lowest BCUT2D eigenvalue weighted by atomic mass is 10.1. The molecular weight excluding hydrogens is 338 g/mol. The molecule has 1 aliphatic rings. The Morgan fingerprint density at radius 1 is 1.12 bits per heavy atom. The number of nitrogens with zero attached hydrogens (tertiary/aromatic N) is 2. The largest absolute Gasteiger partial charge is 0.468 e. The molecule has 0 bridgehead atoms. The summed E-state index contributed by atoms with van der Waals surface area (Å²) in [5, 5.41) is 0. The molecule has 0 aliphatic carbocycles. The topological polar surface area (TPSA) is 41.9 Å². The summed E-state index contributed by atoms with van der Waals surface area (Å²) in [4.78, 5) is 18.1. The second-order valence-corrected chi connectivity index (χ2v) is 5.83. The van der Waals surface area contributed by atoms with Gasteiger partial charge in [-0.25, -0.2) is 13.8 Å². The van der Waals surface area contributed by atoms with Crippen LogP contribution in [0.5, 0.6) is 0 Å². The van der Waals surface area contributed by atoms with Crippen molar-refractivity contribution in [2.45, 2.75) is 6.42 Å². The van der Waals surface area contributed by atoms with Crippen molar-refractivity contribution in [3.05, 3.63) is 77.4 Å². The molecule has 0 radical (unpaired) electrons. The van der Waals surface area contributed by atoms with Gasteiger partial charge in [-0.2, -0.15) is 0 Å². The van der Waals surface area contributed by atoms with Crippen LogP contribution < -0.4 is 0 Å². The zero-order valence-electron chi connectivity index (χ0n) is 14.3. The van der Waals surface area contributed by atoms with Gasteiger partial charge in [0.15, 0.2) is 0 Å². The first kappa shape index (κ1) is 17.8. The summed E-state index contributed by atoms with van der Waals surface area (Å²) >= 11 is 0. The van der Waals surface area contributed by atoms with Gasteiger partial charge in [0.25, 0.3) is 0 Å². The third-order valence-electron chi connectivity index (χ3n) is 4.01. The fourth-order valence-corrected chi connectivity index (χ4v) is 2.77. The van der Waals surface area contributed by atoms with E-state index >= 15 is 0 Å². The van der Waals surface area contributed by atoms with Crippen molar-refractivity contribution in [1.29, 1.82) is 0 Å². The Morgan fingerprint density at radius 3 is 2.42 bits per heavy atom. The zero-order valence-corrected chi connectivity index (χ0v) is 14.3. The predicted octanol–water partition coefficient (Wildman–Crippen LogP) is 3.63. The van der Waals surface area contributed by atoms with Crippen LogP contribution in [0.25, 0.3) is 5.70 Å². The molecule has 0 amide bonds. The number of ether oxygens (including phenoxy) is 1. The minimum absolute atomic E-state index is 0.00385. The molecule has 2 aromatic rings. The van der Waals surface area contributed by atoms with Crippen molar-refractivity contribution >= 4 is 17.5 Å². The standard InChI is InChI=1S/C20H18F2N2O2/c1-26-19(25)13-24-10-4-9-18(14-5-2-7-16(21)11-14)23-20(24)15-6-3-8-17(22)12-15/h2-3,5-9,11-12H,4,10,13H2,1H3. The van der Waals surface area contributed by atoms with Crippen LogP contribution in [0, 0.1) is 11.6 Å². The molecule has 0 spiro atoms. The fraction of sp³-hybridized carbons (Fsp3) is 0.200. The molecule has 0 saturated heterocycles. The first-order valence-electron chi connectivity index (χ1n) is 8.19. The van der Waals surface area contributed by atoms with E-state index in [-0.39, 0.29) is 12.4 Å². The van der Waals surface area contributed by atoms with E-state index in [1.54, 1.807) is 29.2 Å². The van der Waals surface area contributed by atoms with E-state index in [1.807, 2.05) is 6.08 Å². The number of aliphatic imine (C=N–C) groups is 1. The number of benzene rings is 2. The number of methoxy groups -OCH3 is 1. The summed E-state index contributed by atoms with van der Waals surface area (Å²) in [6.07, 6.45) is 2.48. The molecule has 1 heterocycles. The van der Waals surface area contributed by atoms with Crippen molar-refractivity contribution in [3.63, 3.8) is 0 Å². The average Bonchev–Trinajstić information content (AvgIpc) is 2.84. The van der Waals surface area contributed by atoms with Gasteiger partial charge in [-0.05, 0) is 30.7 Å². The molecule has 0 aromatic heterocycles. The summed E-state index contributed by atoms with van der Waals surface area (Å²) in [7, 11) is 1.32. The highest BCUT2D eigenvalue weighted by Gasteiger charge is 2.21. The smallest absolute Gasteiger partial charge is 0.325 e. The highest BCUT2D eigenvalue weighted by molar-refractivity contribution is 6.03. The van der Waals surface area contributed by atoms with Gasteiger partial charge in [0.1, 0.15) is 24.0 Å². The summed E-state index contributed by atoms with van der Waals surface area (Å²) in [6.45, 7) is 0.499. The highest BCUT2D eigenvalue weighted by Crippen LogP contribution is 2.23. The van der Waals surface area contributed by atoms with E-state index in [0.29, 0.717) is 35.6 Å². The maximum absolute atomic E-state index is 13.7. The second kappa shape index (κ2) is 7.91. The number of hydrogen-bond donors (Lipinski definition) is 0. The van der Waals surface area contributed by atoms with Crippen molar-refractivity contribution in [2.24, 2.45) is 4.99 Å². The van der Waals surface area contributed by atoms with Crippen molar-refractivity contribution < 1.29 is 18.3 Å². The van der Waals surface area contributed by atoms with Crippen LogP contribution in [-0.2, 0) is 9.53 Å². The van der Waals surface area contributed by atoms with Gasteiger partial charge in [-0.1, -0.05) is 30.3 Å². The number of carbonyl (C=O) groups is 1. The predicted molar refractivity (Wildman–Crippen MR) is 95.5 cm³/mol. The quantitative estimate of drug-likeness (QED) is 0.786. The molecule has 0 saturated carbocycles. The maximum atomic E-state index is 13.7. The molecule has 1 aliphatic heterocycles. The van der Waals surface area contributed by atoms with Crippen LogP contribution in [0.1, 0.15) is 17.5 Å². The first-order chi connectivity index (χ1) is 12.6. The van der Waals surface area contributed by atoms with Gasteiger partial charge in [0.2, 0.25) is 0 Å². The van der Waals surface area contributed by atoms with Crippen molar-refractivity contribution in [3.8, 4) is 0 Å². The maximum Gasteiger partial charge on any atom is 0.325 e. The third kappa shape index (κ3) is 4.14. The lowest BCUT2D eigenvalue weighted by Gasteiger charge is -2.23. The summed E-state index contributed by atoms with van der Waals surface area (Å²) in [5.41, 5.74) is 1.74. The van der Waals surface area contributed by atoms with Crippen LogP contribution in [0.15, 0.2) is 59.6 Å². The molecule has 0 atom stereocenters. The summed E-state index contributed by atoms with van der Waals surface area (Å²) in [5.74, 6) is -0.725. The Labute approximate surface area is 150 Å². The number of rotatable bonds is 4. The van der Waals surface area contributed by atoms with Crippen LogP contribution in [-0.4, -0.2) is 36.9 Å². The Bertz CT molecular complexity index is 878. The molecule has 6 heteroatoms. The molecule has 3 rings (SSSR count). The van der Waals surface area contributed by atoms with Crippen molar-refractivity contribution in [2.75, 3.05) is 20.2 Å². The molecule has 2 aromatic carbocycles. The van der Waals surface area contributed by atoms with Gasteiger partial charge in [-0.15, -0.1) is 0 Å². The van der Waals surface area contributed by atoms with E-state index < -0.39 is 11.8 Å². The van der Waals surface area contributed by atoms with E-state index in [1.165, 1.54) is 31.4 Å². The Morgan fingerprint density at radius 2 is 1.77 bits per heavy atom. The normalized spacial score (nSPS) is 14.3. The van der Waals surface area contributed by atoms with E-state index in [2.05, 4.69) is 4.99 Å². The Hall–Kier alpha value is -3.02. The first-order valence-corrected chi connectivity index (χ1v) is 8.19. The lowest BCUT2D eigenvalue weighted by molar-refractivity contribution is -0.140. The number of esters is 1. The van der Waals surface area contributed by atoms with Crippen LogP contribution in [0.4, 0.5) is 8.78 Å². The molecule has 0 unspecified atom stereocenters. The van der Waals surface area contributed by atoms with Gasteiger partial charge >= 0.3 is 5.97 Å². The zero-order chi connectivity index (χ0) is 18.5. The molecular formula is C20H18F2N2O2. The molecule has 4 nitrogen and oxygen atoms in total. The molecule has 0 fully saturated rings. The van der Waals surface area contributed by atoms with Crippen LogP contribution >= 0.6 is 0 Å². The number of hydrogen-bond acceptors (Lipinski definition) is 4. The van der Waals surface area contributed by atoms with Gasteiger partial charge in [-0.3, -0.25) is 4.79 Å². The monoisotopic (exact) mass is 356 g/mol. The highest BCUT2D eigenvalue weighted by atomic mass is 19.1. The minimum atomic E-state index is -0.414. The van der Waals surface area contributed by atoms with E-state index in [0.717, 1.165) is 0 Å². The number of halogens is 2. The fourth-order valence-electron chi connectivity index (χ4n) is 2.77. The summed E-state index contributed by atoms with van der Waals surface area (Å²) < 4.78 is 32.1. The summed E-state index contributed by atoms with van der Waals surface area (Å²) in [6, 6.07) is 12.1. The lowest BCUT2D eigenvalue weighted by Crippen LogP contribution is -2.37. The number of amidine groups is 1. The molecule has 134 valence electrons. The Kier molecular flexibility index (Phi) is 5.41. The third-order valence-corrected chi connectivity index (χ3v) is 4.01.